The van der Waals surface area contributed by atoms with Crippen LogP contribution in [0.1, 0.15) is 19.8 Å². The molecule has 1 aromatic carbocycles. The molecule has 2 aliphatic heterocycles. The Bertz CT molecular complexity index is 646. The van der Waals surface area contributed by atoms with Crippen LogP contribution >= 0.6 is 0 Å². The van der Waals surface area contributed by atoms with Gasteiger partial charge < -0.3 is 10.6 Å². The Morgan fingerprint density at radius 1 is 1.29 bits per heavy atom. The second-order valence-corrected chi connectivity index (χ2v) is 7.59. The standard InChI is InChI=1S/C14H22N4O2S/c1-10-8-17-6-2-3-12(17)9-18(10)11-4-5-14(13(15)7-11)21(16,19)20/h4-5,7,10,12H,2-3,6,8-9,15H2,1H3,(H2,16,19,20). The molecule has 2 atom stereocenters. The summed E-state index contributed by atoms with van der Waals surface area (Å²) in [4.78, 5) is 4.86. The van der Waals surface area contributed by atoms with Crippen molar-refractivity contribution in [3.05, 3.63) is 18.2 Å². The number of rotatable bonds is 2. The topological polar surface area (TPSA) is 92.7 Å². The Labute approximate surface area is 125 Å². The highest BCUT2D eigenvalue weighted by atomic mass is 32.2. The third-order valence-corrected chi connectivity index (χ3v) is 5.55. The number of fused-ring (bicyclic) bond motifs is 1. The zero-order chi connectivity index (χ0) is 15.2. The minimum absolute atomic E-state index is 0.00148. The first-order chi connectivity index (χ1) is 9.86. The summed E-state index contributed by atoms with van der Waals surface area (Å²) in [7, 11) is -3.76. The number of primary sulfonamides is 1. The van der Waals surface area contributed by atoms with E-state index in [9.17, 15) is 8.42 Å². The van der Waals surface area contributed by atoms with Crippen LogP contribution in [0.3, 0.4) is 0 Å². The molecule has 2 fully saturated rings. The van der Waals surface area contributed by atoms with E-state index in [1.165, 1.54) is 25.5 Å². The van der Waals surface area contributed by atoms with Gasteiger partial charge in [-0.1, -0.05) is 0 Å². The number of hydrogen-bond donors (Lipinski definition) is 2. The molecule has 0 radical (unpaired) electrons. The van der Waals surface area contributed by atoms with Crippen molar-refractivity contribution in [2.45, 2.75) is 36.7 Å². The third kappa shape index (κ3) is 2.73. The predicted octanol–water partition coefficient (Wildman–Crippen LogP) is 0.589. The molecule has 7 heteroatoms. The summed E-state index contributed by atoms with van der Waals surface area (Å²) < 4.78 is 22.9. The van der Waals surface area contributed by atoms with Crippen molar-refractivity contribution in [3.63, 3.8) is 0 Å². The lowest BCUT2D eigenvalue weighted by molar-refractivity contribution is 0.203. The summed E-state index contributed by atoms with van der Waals surface area (Å²) >= 11 is 0. The molecule has 0 spiro atoms. The molecule has 4 N–H and O–H groups in total. The molecule has 0 bridgehead atoms. The van der Waals surface area contributed by atoms with E-state index in [-0.39, 0.29) is 10.6 Å². The fourth-order valence-corrected chi connectivity index (χ4v) is 4.17. The van der Waals surface area contributed by atoms with Crippen LogP contribution in [-0.2, 0) is 10.0 Å². The Balaban J connectivity index is 1.88. The van der Waals surface area contributed by atoms with Crippen molar-refractivity contribution >= 4 is 21.4 Å². The van der Waals surface area contributed by atoms with Gasteiger partial charge in [-0.25, -0.2) is 13.6 Å². The number of nitrogen functional groups attached to an aromatic ring is 1. The fourth-order valence-electron chi connectivity index (χ4n) is 3.52. The monoisotopic (exact) mass is 310 g/mol. The minimum Gasteiger partial charge on any atom is -0.398 e. The van der Waals surface area contributed by atoms with Crippen molar-refractivity contribution in [1.29, 1.82) is 0 Å². The Morgan fingerprint density at radius 3 is 2.71 bits per heavy atom. The second kappa shape index (κ2) is 5.15. The first-order valence-electron chi connectivity index (χ1n) is 7.29. The summed E-state index contributed by atoms with van der Waals surface area (Å²) in [5.41, 5.74) is 7.06. The number of nitrogens with zero attached hydrogens (tertiary/aromatic N) is 2. The normalized spacial score (nSPS) is 26.9. The largest absolute Gasteiger partial charge is 0.398 e. The number of nitrogens with two attached hydrogens (primary N) is 2. The first kappa shape index (κ1) is 14.6. The van der Waals surface area contributed by atoms with E-state index in [0.29, 0.717) is 12.1 Å². The summed E-state index contributed by atoms with van der Waals surface area (Å²) in [6.45, 7) is 5.39. The Hall–Kier alpha value is -1.31. The number of hydrogen-bond acceptors (Lipinski definition) is 5. The van der Waals surface area contributed by atoms with Gasteiger partial charge in [0, 0.05) is 30.9 Å². The van der Waals surface area contributed by atoms with Gasteiger partial charge >= 0.3 is 0 Å². The van der Waals surface area contributed by atoms with E-state index in [0.717, 1.165) is 18.8 Å². The minimum atomic E-state index is -3.76. The molecule has 2 aliphatic rings. The van der Waals surface area contributed by atoms with E-state index >= 15 is 0 Å². The van der Waals surface area contributed by atoms with Crippen LogP contribution in [-0.4, -0.2) is 45.0 Å². The molecule has 2 saturated heterocycles. The van der Waals surface area contributed by atoms with Gasteiger partial charge in [-0.15, -0.1) is 0 Å². The van der Waals surface area contributed by atoms with E-state index in [1.807, 2.05) is 0 Å². The van der Waals surface area contributed by atoms with Crippen molar-refractivity contribution in [2.24, 2.45) is 5.14 Å². The van der Waals surface area contributed by atoms with Gasteiger partial charge in [0.05, 0.1) is 5.69 Å². The SMILES string of the molecule is CC1CN2CCCC2CN1c1ccc(S(N)(=O)=O)c(N)c1. The van der Waals surface area contributed by atoms with Crippen LogP contribution < -0.4 is 15.8 Å². The highest BCUT2D eigenvalue weighted by Crippen LogP contribution is 2.31. The lowest BCUT2D eigenvalue weighted by atomic mass is 10.1. The van der Waals surface area contributed by atoms with Crippen molar-refractivity contribution in [1.82, 2.24) is 4.90 Å². The van der Waals surface area contributed by atoms with Crippen molar-refractivity contribution < 1.29 is 8.42 Å². The second-order valence-electron chi connectivity index (χ2n) is 6.06. The molecule has 0 saturated carbocycles. The van der Waals surface area contributed by atoms with Crippen LogP contribution in [0, 0.1) is 0 Å². The van der Waals surface area contributed by atoms with Crippen LogP contribution in [0.2, 0.25) is 0 Å². The fraction of sp³-hybridized carbons (Fsp3) is 0.571. The zero-order valence-electron chi connectivity index (χ0n) is 12.2. The summed E-state index contributed by atoms with van der Waals surface area (Å²) in [6, 6.07) is 6.02. The van der Waals surface area contributed by atoms with Gasteiger partial charge in [0.2, 0.25) is 10.0 Å². The maximum Gasteiger partial charge on any atom is 0.240 e. The summed E-state index contributed by atoms with van der Waals surface area (Å²) in [5.74, 6) is 0. The number of piperazine rings is 1. The Kier molecular flexibility index (Phi) is 3.59. The van der Waals surface area contributed by atoms with Gasteiger partial charge in [0.25, 0.3) is 0 Å². The third-order valence-electron chi connectivity index (χ3n) is 4.57. The molecule has 0 aliphatic carbocycles. The molecular formula is C14H22N4O2S. The molecule has 0 aromatic heterocycles. The number of sulfonamides is 1. The van der Waals surface area contributed by atoms with Gasteiger partial charge in [-0.05, 0) is 44.5 Å². The van der Waals surface area contributed by atoms with Crippen LogP contribution in [0.15, 0.2) is 23.1 Å². The van der Waals surface area contributed by atoms with Gasteiger partial charge in [-0.2, -0.15) is 0 Å². The molecule has 6 nitrogen and oxygen atoms in total. The van der Waals surface area contributed by atoms with Crippen molar-refractivity contribution in [3.8, 4) is 0 Å². The molecule has 21 heavy (non-hydrogen) atoms. The quantitative estimate of drug-likeness (QED) is 0.780. The highest BCUT2D eigenvalue weighted by molar-refractivity contribution is 7.89. The van der Waals surface area contributed by atoms with E-state index < -0.39 is 10.0 Å². The maximum absolute atomic E-state index is 11.4. The number of anilines is 2. The lowest BCUT2D eigenvalue weighted by Gasteiger charge is -2.43. The van der Waals surface area contributed by atoms with Crippen LogP contribution in [0.4, 0.5) is 11.4 Å². The smallest absolute Gasteiger partial charge is 0.240 e. The molecular weight excluding hydrogens is 288 g/mol. The van der Waals surface area contributed by atoms with E-state index in [1.54, 1.807) is 12.1 Å². The molecule has 2 unspecified atom stereocenters. The first-order valence-corrected chi connectivity index (χ1v) is 8.84. The molecule has 0 amide bonds. The lowest BCUT2D eigenvalue weighted by Crippen LogP contribution is -2.55. The predicted molar refractivity (Wildman–Crippen MR) is 83.6 cm³/mol. The molecule has 2 heterocycles. The van der Waals surface area contributed by atoms with Gasteiger partial charge in [0.1, 0.15) is 4.90 Å². The maximum atomic E-state index is 11.4. The summed E-state index contributed by atoms with van der Waals surface area (Å²) in [6.07, 6.45) is 2.49. The average molecular weight is 310 g/mol. The van der Waals surface area contributed by atoms with E-state index in [2.05, 4.69) is 16.7 Å². The highest BCUT2D eigenvalue weighted by Gasteiger charge is 2.34. The van der Waals surface area contributed by atoms with Crippen LogP contribution in [0.5, 0.6) is 0 Å². The average Bonchev–Trinajstić information content (AvgIpc) is 2.83. The molecule has 116 valence electrons. The summed E-state index contributed by atoms with van der Waals surface area (Å²) in [5, 5.41) is 5.16. The van der Waals surface area contributed by atoms with Gasteiger partial charge in [-0.3, -0.25) is 4.90 Å². The van der Waals surface area contributed by atoms with Crippen LogP contribution in [0.25, 0.3) is 0 Å². The van der Waals surface area contributed by atoms with Gasteiger partial charge in [0.15, 0.2) is 0 Å². The Morgan fingerprint density at radius 2 is 2.05 bits per heavy atom. The van der Waals surface area contributed by atoms with Crippen molar-refractivity contribution in [2.75, 3.05) is 30.3 Å². The zero-order valence-corrected chi connectivity index (χ0v) is 13.0. The number of benzene rings is 1. The van der Waals surface area contributed by atoms with E-state index in [4.69, 9.17) is 10.9 Å². The molecule has 1 aromatic rings. The molecule has 3 rings (SSSR count).